The molecule has 3 heterocycles. The number of aromatic nitrogens is 4. The number of benzene rings is 1. The van der Waals surface area contributed by atoms with Crippen LogP contribution in [0.5, 0.6) is 0 Å². The lowest BCUT2D eigenvalue weighted by Crippen LogP contribution is -2.11. The molecule has 0 amide bonds. The summed E-state index contributed by atoms with van der Waals surface area (Å²) in [5.41, 5.74) is 4.05. The van der Waals surface area contributed by atoms with Crippen LogP contribution in [0.3, 0.4) is 0 Å². The summed E-state index contributed by atoms with van der Waals surface area (Å²) in [6.07, 6.45) is 6.73. The van der Waals surface area contributed by atoms with Gasteiger partial charge in [-0.25, -0.2) is 19.3 Å². The van der Waals surface area contributed by atoms with Crippen molar-refractivity contribution in [1.82, 2.24) is 19.4 Å². The number of aryl methyl sites for hydroxylation is 1. The lowest BCUT2D eigenvalue weighted by Gasteiger charge is -2.15. The van der Waals surface area contributed by atoms with Gasteiger partial charge in [0.05, 0.1) is 18.4 Å². The first-order chi connectivity index (χ1) is 12.8. The van der Waals surface area contributed by atoms with Crippen molar-refractivity contribution in [2.45, 2.75) is 18.9 Å². The number of imidazole rings is 1. The lowest BCUT2D eigenvalue weighted by atomic mass is 10.1. The quantitative estimate of drug-likeness (QED) is 0.609. The molecule has 1 aromatic carbocycles. The Morgan fingerprint density at radius 2 is 1.92 bits per heavy atom. The minimum absolute atomic E-state index is 0.0608. The van der Waals surface area contributed by atoms with Crippen LogP contribution in [0.25, 0.3) is 17.2 Å². The van der Waals surface area contributed by atoms with Gasteiger partial charge < -0.3 is 5.32 Å². The van der Waals surface area contributed by atoms with Crippen molar-refractivity contribution in [3.05, 3.63) is 78.0 Å². The maximum absolute atomic E-state index is 14.3. The summed E-state index contributed by atoms with van der Waals surface area (Å²) in [6.45, 7) is 0. The monoisotopic (exact) mass is 345 g/mol. The topological polar surface area (TPSA) is 55.1 Å². The molecular weight excluding hydrogens is 329 g/mol. The molecule has 3 aromatic heterocycles. The molecule has 1 aliphatic carbocycles. The van der Waals surface area contributed by atoms with Crippen LogP contribution in [-0.2, 0) is 6.42 Å². The van der Waals surface area contributed by atoms with Gasteiger partial charge in [-0.15, -0.1) is 0 Å². The van der Waals surface area contributed by atoms with E-state index in [2.05, 4.69) is 32.4 Å². The van der Waals surface area contributed by atoms with Crippen molar-refractivity contribution in [1.29, 1.82) is 0 Å². The Labute approximate surface area is 149 Å². The van der Waals surface area contributed by atoms with E-state index < -0.39 is 5.82 Å². The Balaban J connectivity index is 1.52. The first-order valence-corrected chi connectivity index (χ1v) is 8.59. The number of pyridine rings is 1. The summed E-state index contributed by atoms with van der Waals surface area (Å²) >= 11 is 0. The Morgan fingerprint density at radius 3 is 2.88 bits per heavy atom. The number of hydrogen-bond acceptors (Lipinski definition) is 4. The van der Waals surface area contributed by atoms with E-state index in [4.69, 9.17) is 0 Å². The van der Waals surface area contributed by atoms with E-state index in [9.17, 15) is 4.39 Å². The van der Waals surface area contributed by atoms with Crippen LogP contribution >= 0.6 is 0 Å². The van der Waals surface area contributed by atoms with Gasteiger partial charge in [0.1, 0.15) is 11.3 Å². The highest BCUT2D eigenvalue weighted by Crippen LogP contribution is 2.34. The van der Waals surface area contributed by atoms with Crippen molar-refractivity contribution in [2.75, 3.05) is 5.32 Å². The Morgan fingerprint density at radius 1 is 1.04 bits per heavy atom. The van der Waals surface area contributed by atoms with Gasteiger partial charge in [-0.05, 0) is 36.1 Å². The molecule has 1 atom stereocenters. The smallest absolute Gasteiger partial charge is 0.183 e. The molecule has 1 N–H and O–H groups in total. The third-order valence-corrected chi connectivity index (χ3v) is 4.83. The number of hydrogen-bond donors (Lipinski definition) is 1. The Hall–Kier alpha value is -3.28. The highest BCUT2D eigenvalue weighted by Gasteiger charge is 2.23. The zero-order valence-corrected chi connectivity index (χ0v) is 13.9. The predicted octanol–water partition coefficient (Wildman–Crippen LogP) is 4.03. The fourth-order valence-corrected chi connectivity index (χ4v) is 3.56. The zero-order chi connectivity index (χ0) is 17.5. The molecule has 0 unspecified atom stereocenters. The van der Waals surface area contributed by atoms with Gasteiger partial charge in [-0.3, -0.25) is 4.40 Å². The van der Waals surface area contributed by atoms with E-state index in [0.717, 1.165) is 24.2 Å². The summed E-state index contributed by atoms with van der Waals surface area (Å²) < 4.78 is 16.2. The Bertz CT molecular complexity index is 1100. The number of fused-ring (bicyclic) bond motifs is 2. The molecule has 6 heteroatoms. The molecule has 0 bridgehead atoms. The summed E-state index contributed by atoms with van der Waals surface area (Å²) in [5, 5.41) is 3.26. The average molecular weight is 345 g/mol. The van der Waals surface area contributed by atoms with Gasteiger partial charge in [0.15, 0.2) is 17.5 Å². The number of nitrogens with one attached hydrogen (secondary N) is 1. The van der Waals surface area contributed by atoms with Crippen LogP contribution < -0.4 is 5.32 Å². The fourth-order valence-electron chi connectivity index (χ4n) is 3.56. The first-order valence-electron chi connectivity index (χ1n) is 8.59. The van der Waals surface area contributed by atoms with Crippen LogP contribution in [0.1, 0.15) is 23.6 Å². The van der Waals surface area contributed by atoms with Gasteiger partial charge in [-0.2, -0.15) is 0 Å². The molecule has 1 aliphatic rings. The van der Waals surface area contributed by atoms with E-state index in [1.54, 1.807) is 6.20 Å². The van der Waals surface area contributed by atoms with Gasteiger partial charge in [0.25, 0.3) is 0 Å². The summed E-state index contributed by atoms with van der Waals surface area (Å²) in [5.74, 6) is 0.216. The second-order valence-corrected chi connectivity index (χ2v) is 6.40. The molecule has 0 radical (unpaired) electrons. The van der Waals surface area contributed by atoms with Crippen LogP contribution in [0, 0.1) is 5.82 Å². The minimum atomic E-state index is -0.452. The number of nitrogens with zero attached hydrogens (tertiary/aromatic N) is 4. The second kappa shape index (κ2) is 5.91. The van der Waals surface area contributed by atoms with E-state index in [1.807, 2.05) is 40.9 Å². The molecule has 0 fully saturated rings. The van der Waals surface area contributed by atoms with Crippen LogP contribution in [0.15, 0.2) is 61.1 Å². The maximum Gasteiger partial charge on any atom is 0.183 e. The molecule has 0 aliphatic heterocycles. The average Bonchev–Trinajstić information content (AvgIpc) is 3.28. The van der Waals surface area contributed by atoms with Gasteiger partial charge in [-0.1, -0.05) is 30.3 Å². The molecule has 0 saturated heterocycles. The molecule has 4 aromatic rings. The van der Waals surface area contributed by atoms with Crippen molar-refractivity contribution in [2.24, 2.45) is 0 Å². The van der Waals surface area contributed by atoms with Gasteiger partial charge in [0, 0.05) is 6.20 Å². The largest absolute Gasteiger partial charge is 0.361 e. The third kappa shape index (κ3) is 2.42. The highest BCUT2D eigenvalue weighted by molar-refractivity contribution is 5.58. The molecule has 26 heavy (non-hydrogen) atoms. The summed E-state index contributed by atoms with van der Waals surface area (Å²) in [6, 6.07) is 14.1. The molecule has 0 saturated carbocycles. The first kappa shape index (κ1) is 15.0. The standard InChI is InChI=1S/C20H16FN5/c21-15-11-23-20(17-12-22-18-7-3-4-10-26(17)18)25-19(15)24-16-9-8-13-5-1-2-6-14(13)16/h1-7,10-12,16H,8-9H2,(H,23,24,25)/t16-/m1/s1. The molecule has 5 rings (SSSR count). The van der Waals surface area contributed by atoms with E-state index in [1.165, 1.54) is 17.3 Å². The number of halogens is 1. The third-order valence-electron chi connectivity index (χ3n) is 4.83. The van der Waals surface area contributed by atoms with E-state index >= 15 is 0 Å². The highest BCUT2D eigenvalue weighted by atomic mass is 19.1. The van der Waals surface area contributed by atoms with Gasteiger partial charge in [0.2, 0.25) is 0 Å². The second-order valence-electron chi connectivity index (χ2n) is 6.40. The lowest BCUT2D eigenvalue weighted by molar-refractivity contribution is 0.611. The molecule has 128 valence electrons. The van der Waals surface area contributed by atoms with Crippen molar-refractivity contribution >= 4 is 11.5 Å². The molecular formula is C20H16FN5. The summed E-state index contributed by atoms with van der Waals surface area (Å²) in [7, 11) is 0. The number of anilines is 1. The fraction of sp³-hybridized carbons (Fsp3) is 0.150. The van der Waals surface area contributed by atoms with Crippen molar-refractivity contribution < 1.29 is 4.39 Å². The van der Waals surface area contributed by atoms with Crippen LogP contribution in [0.2, 0.25) is 0 Å². The predicted molar refractivity (Wildman–Crippen MR) is 97.3 cm³/mol. The van der Waals surface area contributed by atoms with Crippen LogP contribution in [0.4, 0.5) is 10.2 Å². The zero-order valence-electron chi connectivity index (χ0n) is 13.9. The minimum Gasteiger partial charge on any atom is -0.361 e. The molecule has 5 nitrogen and oxygen atoms in total. The Kier molecular flexibility index (Phi) is 3.41. The van der Waals surface area contributed by atoms with Crippen molar-refractivity contribution in [3.8, 4) is 11.5 Å². The van der Waals surface area contributed by atoms with Gasteiger partial charge >= 0.3 is 0 Å². The van der Waals surface area contributed by atoms with E-state index in [-0.39, 0.29) is 11.9 Å². The summed E-state index contributed by atoms with van der Waals surface area (Å²) in [4.78, 5) is 13.0. The van der Waals surface area contributed by atoms with E-state index in [0.29, 0.717) is 5.82 Å². The SMILES string of the molecule is Fc1cnc(-c2cnc3ccccn23)nc1N[C@@H]1CCc2ccccc21. The molecule has 0 spiro atoms. The maximum atomic E-state index is 14.3. The normalized spacial score (nSPS) is 16.0. The van der Waals surface area contributed by atoms with Crippen LogP contribution in [-0.4, -0.2) is 19.4 Å². The number of rotatable bonds is 3. The van der Waals surface area contributed by atoms with Crippen molar-refractivity contribution in [3.63, 3.8) is 0 Å².